The average Bonchev–Trinajstić information content (AvgIpc) is 3.02. The molecule has 8 nitrogen and oxygen atoms in total. The third-order valence-electron chi connectivity index (χ3n) is 8.67. The van der Waals surface area contributed by atoms with Gasteiger partial charge in [0.1, 0.15) is 11.5 Å². The van der Waals surface area contributed by atoms with Gasteiger partial charge in [-0.1, -0.05) is 74.6 Å². The van der Waals surface area contributed by atoms with Gasteiger partial charge in [0.15, 0.2) is 0 Å². The van der Waals surface area contributed by atoms with Crippen molar-refractivity contribution in [1.82, 2.24) is 15.1 Å². The van der Waals surface area contributed by atoms with E-state index >= 15 is 0 Å². The second-order valence-electron chi connectivity index (χ2n) is 12.3. The average molecular weight is 619 g/mol. The molecule has 2 amide bonds. The third kappa shape index (κ3) is 10.3. The molecule has 44 heavy (non-hydrogen) atoms. The molecule has 0 spiro atoms. The van der Waals surface area contributed by atoms with Crippen LogP contribution in [0.2, 0.25) is 0 Å². The van der Waals surface area contributed by atoms with Crippen molar-refractivity contribution in [3.8, 4) is 11.5 Å². The summed E-state index contributed by atoms with van der Waals surface area (Å²) in [5, 5.41) is 3.37. The van der Waals surface area contributed by atoms with Crippen LogP contribution in [-0.2, 0) is 23.1 Å². The summed E-state index contributed by atoms with van der Waals surface area (Å²) < 4.78 is 31.2. The minimum atomic E-state index is -3.31. The standard InChI is InChI=1S/C35H46N4O4S/c1-44(41,42)37-32-14-18-34(19-15-32)43-33-16-12-30(13-17-33)26-38-23-21-31(22-24-38)36-35(40)39(27-29-10-6-3-7-11-29)25-20-28-8-4-2-5-9-28/h3,6-7,10-19,28,31,37H,2,4-5,8-9,20-27H2,1H3,(H,36,40). The van der Waals surface area contributed by atoms with Crippen LogP contribution in [0.25, 0.3) is 0 Å². The monoisotopic (exact) mass is 618 g/mol. The molecule has 2 aliphatic rings. The van der Waals surface area contributed by atoms with Crippen LogP contribution in [0.5, 0.6) is 11.5 Å². The number of amides is 2. The number of carbonyl (C=O) groups is 1. The number of urea groups is 1. The van der Waals surface area contributed by atoms with E-state index in [0.29, 0.717) is 18.0 Å². The fourth-order valence-corrected chi connectivity index (χ4v) is 6.80. The van der Waals surface area contributed by atoms with Crippen molar-refractivity contribution in [2.75, 3.05) is 30.6 Å². The normalized spacial score (nSPS) is 16.8. The number of ether oxygens (including phenoxy) is 1. The zero-order valence-corrected chi connectivity index (χ0v) is 26.6. The van der Waals surface area contributed by atoms with E-state index in [0.717, 1.165) is 63.4 Å². The molecule has 3 aromatic rings. The van der Waals surface area contributed by atoms with Crippen molar-refractivity contribution in [2.24, 2.45) is 5.92 Å². The lowest BCUT2D eigenvalue weighted by Crippen LogP contribution is -2.49. The predicted octanol–water partition coefficient (Wildman–Crippen LogP) is 7.00. The van der Waals surface area contributed by atoms with E-state index < -0.39 is 10.0 Å². The van der Waals surface area contributed by atoms with Crippen LogP contribution in [-0.4, -0.2) is 56.2 Å². The molecule has 1 aliphatic carbocycles. The van der Waals surface area contributed by atoms with Gasteiger partial charge in [-0.25, -0.2) is 13.2 Å². The molecule has 0 aromatic heterocycles. The van der Waals surface area contributed by atoms with Gasteiger partial charge < -0.3 is 15.0 Å². The Hall–Kier alpha value is -3.56. The number of nitrogens with one attached hydrogen (secondary N) is 2. The van der Waals surface area contributed by atoms with Gasteiger partial charge in [0.25, 0.3) is 0 Å². The van der Waals surface area contributed by atoms with Crippen LogP contribution >= 0.6 is 0 Å². The smallest absolute Gasteiger partial charge is 0.317 e. The number of rotatable bonds is 12. The summed E-state index contributed by atoms with van der Waals surface area (Å²) in [6, 6.07) is 25.5. The highest BCUT2D eigenvalue weighted by Crippen LogP contribution is 2.27. The Bertz CT molecular complexity index is 1420. The summed E-state index contributed by atoms with van der Waals surface area (Å²) in [6.45, 7) is 4.21. The predicted molar refractivity (Wildman–Crippen MR) is 176 cm³/mol. The van der Waals surface area contributed by atoms with E-state index in [1.54, 1.807) is 24.3 Å². The number of benzene rings is 3. The minimum Gasteiger partial charge on any atom is -0.457 e. The number of nitrogens with zero attached hydrogens (tertiary/aromatic N) is 2. The van der Waals surface area contributed by atoms with Crippen molar-refractivity contribution >= 4 is 21.7 Å². The first-order valence-electron chi connectivity index (χ1n) is 16.0. The zero-order valence-electron chi connectivity index (χ0n) is 25.8. The van der Waals surface area contributed by atoms with Crippen molar-refractivity contribution < 1.29 is 17.9 Å². The molecule has 1 heterocycles. The van der Waals surface area contributed by atoms with Gasteiger partial charge in [-0.2, -0.15) is 0 Å². The van der Waals surface area contributed by atoms with Gasteiger partial charge in [-0.05, 0) is 72.7 Å². The number of hydrogen-bond acceptors (Lipinski definition) is 5. The van der Waals surface area contributed by atoms with E-state index in [9.17, 15) is 13.2 Å². The number of anilines is 1. The highest BCUT2D eigenvalue weighted by Gasteiger charge is 2.24. The fraction of sp³-hybridized carbons (Fsp3) is 0.457. The SMILES string of the molecule is CS(=O)(=O)Nc1ccc(Oc2ccc(CN3CCC(NC(=O)N(CCC4CCCCC4)Cc4ccccc4)CC3)cc2)cc1. The van der Waals surface area contributed by atoms with E-state index in [1.165, 1.54) is 43.2 Å². The lowest BCUT2D eigenvalue weighted by Gasteiger charge is -2.34. The molecule has 2 N–H and O–H groups in total. The lowest BCUT2D eigenvalue weighted by atomic mass is 9.87. The van der Waals surface area contributed by atoms with Gasteiger partial charge in [-0.15, -0.1) is 0 Å². The van der Waals surface area contributed by atoms with Gasteiger partial charge in [0.2, 0.25) is 10.0 Å². The summed E-state index contributed by atoms with van der Waals surface area (Å²) in [5.74, 6) is 2.11. The summed E-state index contributed by atoms with van der Waals surface area (Å²) in [4.78, 5) is 17.9. The fourth-order valence-electron chi connectivity index (χ4n) is 6.23. The number of likely N-dealkylation sites (tertiary alicyclic amines) is 1. The highest BCUT2D eigenvalue weighted by atomic mass is 32.2. The Morgan fingerprint density at radius 3 is 2.11 bits per heavy atom. The number of piperidine rings is 1. The van der Waals surface area contributed by atoms with Crippen molar-refractivity contribution in [2.45, 2.75) is 70.5 Å². The first-order valence-corrected chi connectivity index (χ1v) is 17.8. The highest BCUT2D eigenvalue weighted by molar-refractivity contribution is 7.92. The van der Waals surface area contributed by atoms with Crippen LogP contribution in [0.3, 0.4) is 0 Å². The Labute approximate surface area is 262 Å². The topological polar surface area (TPSA) is 91.0 Å². The van der Waals surface area contributed by atoms with Crippen molar-refractivity contribution in [3.63, 3.8) is 0 Å². The molecule has 0 unspecified atom stereocenters. The maximum absolute atomic E-state index is 13.5. The molecule has 0 bridgehead atoms. The Balaban J connectivity index is 1.07. The van der Waals surface area contributed by atoms with Gasteiger partial charge in [0, 0.05) is 44.5 Å². The van der Waals surface area contributed by atoms with E-state index in [2.05, 4.69) is 39.2 Å². The second kappa shape index (κ2) is 15.4. The summed E-state index contributed by atoms with van der Waals surface area (Å²) in [6.07, 6.45) is 10.7. The minimum absolute atomic E-state index is 0.0694. The maximum atomic E-state index is 13.5. The van der Waals surface area contributed by atoms with Crippen molar-refractivity contribution in [3.05, 3.63) is 90.0 Å². The van der Waals surface area contributed by atoms with Gasteiger partial charge in [0.05, 0.1) is 6.26 Å². The Kier molecular flexibility index (Phi) is 11.2. The molecule has 1 aliphatic heterocycles. The molecule has 9 heteroatoms. The quantitative estimate of drug-likeness (QED) is 0.228. The first kappa shape index (κ1) is 31.9. The third-order valence-corrected chi connectivity index (χ3v) is 9.28. The molecule has 5 rings (SSSR count). The lowest BCUT2D eigenvalue weighted by molar-refractivity contribution is 0.163. The Morgan fingerprint density at radius 2 is 1.48 bits per heavy atom. The number of carbonyl (C=O) groups excluding carboxylic acids is 1. The molecule has 1 saturated heterocycles. The van der Waals surface area contributed by atoms with Crippen LogP contribution in [0.4, 0.5) is 10.5 Å². The molecule has 2 fully saturated rings. The Morgan fingerprint density at radius 1 is 0.841 bits per heavy atom. The van der Waals surface area contributed by atoms with E-state index in [1.807, 2.05) is 35.2 Å². The molecular weight excluding hydrogens is 572 g/mol. The second-order valence-corrected chi connectivity index (χ2v) is 14.1. The van der Waals surface area contributed by atoms with Crippen LogP contribution in [0.1, 0.15) is 62.5 Å². The van der Waals surface area contributed by atoms with Gasteiger partial charge in [-0.3, -0.25) is 9.62 Å². The van der Waals surface area contributed by atoms with Crippen LogP contribution < -0.4 is 14.8 Å². The molecule has 3 aromatic carbocycles. The van der Waals surface area contributed by atoms with Crippen LogP contribution in [0.15, 0.2) is 78.9 Å². The van der Waals surface area contributed by atoms with Crippen LogP contribution in [0, 0.1) is 5.92 Å². The number of hydrogen-bond donors (Lipinski definition) is 2. The molecule has 1 saturated carbocycles. The molecular formula is C35H46N4O4S. The molecule has 236 valence electrons. The van der Waals surface area contributed by atoms with E-state index in [4.69, 9.17) is 4.74 Å². The van der Waals surface area contributed by atoms with Crippen molar-refractivity contribution in [1.29, 1.82) is 0 Å². The molecule has 0 radical (unpaired) electrons. The van der Waals surface area contributed by atoms with E-state index in [-0.39, 0.29) is 12.1 Å². The maximum Gasteiger partial charge on any atom is 0.317 e. The zero-order chi connectivity index (χ0) is 30.8. The number of sulfonamides is 1. The first-order chi connectivity index (χ1) is 21.3. The van der Waals surface area contributed by atoms with Gasteiger partial charge >= 0.3 is 6.03 Å². The summed E-state index contributed by atoms with van der Waals surface area (Å²) in [7, 11) is -3.31. The largest absolute Gasteiger partial charge is 0.457 e. The molecule has 0 atom stereocenters. The summed E-state index contributed by atoms with van der Waals surface area (Å²) >= 11 is 0. The summed E-state index contributed by atoms with van der Waals surface area (Å²) in [5.41, 5.74) is 2.89.